The van der Waals surface area contributed by atoms with Gasteiger partial charge in [0.1, 0.15) is 17.9 Å². The van der Waals surface area contributed by atoms with Gasteiger partial charge in [0, 0.05) is 16.9 Å². The van der Waals surface area contributed by atoms with Crippen molar-refractivity contribution >= 4 is 18.0 Å². The van der Waals surface area contributed by atoms with Gasteiger partial charge in [-0.3, -0.25) is 0 Å². The molecule has 0 aliphatic rings. The van der Waals surface area contributed by atoms with Gasteiger partial charge in [-0.1, -0.05) is 0 Å². The fourth-order valence-electron chi connectivity index (χ4n) is 1.17. The Morgan fingerprint density at radius 2 is 2.14 bits per heavy atom. The Balaban J connectivity index is 3.04. The molecule has 4 heteroatoms. The molecule has 0 fully saturated rings. The van der Waals surface area contributed by atoms with Crippen LogP contribution in [0.5, 0.6) is 0 Å². The number of thioether (sulfide) groups is 1. The van der Waals surface area contributed by atoms with Crippen LogP contribution < -0.4 is 0 Å². The van der Waals surface area contributed by atoms with E-state index in [1.54, 1.807) is 6.26 Å². The van der Waals surface area contributed by atoms with E-state index in [0.29, 0.717) is 11.2 Å². The first-order valence-electron chi connectivity index (χ1n) is 4.15. The second kappa shape index (κ2) is 5.10. The molecule has 76 valence electrons. The third-order valence-corrected chi connectivity index (χ3v) is 2.64. The van der Waals surface area contributed by atoms with Crippen LogP contribution >= 0.6 is 11.8 Å². The molecular formula is C10H10F2OS. The Morgan fingerprint density at radius 1 is 1.43 bits per heavy atom. The summed E-state index contributed by atoms with van der Waals surface area (Å²) < 4.78 is 26.6. The summed E-state index contributed by atoms with van der Waals surface area (Å²) in [4.78, 5) is 10.5. The molecule has 0 saturated heterocycles. The number of hydrogen-bond donors (Lipinski definition) is 0. The minimum atomic E-state index is -0.581. The van der Waals surface area contributed by atoms with Crippen LogP contribution in [0.25, 0.3) is 0 Å². The van der Waals surface area contributed by atoms with Crippen LogP contribution in [0.1, 0.15) is 12.0 Å². The van der Waals surface area contributed by atoms with Crippen molar-refractivity contribution in [2.45, 2.75) is 17.7 Å². The fraction of sp³-hybridized carbons (Fsp3) is 0.300. The quantitative estimate of drug-likeness (QED) is 0.568. The van der Waals surface area contributed by atoms with Gasteiger partial charge in [-0.15, -0.1) is 11.8 Å². The number of rotatable bonds is 4. The molecule has 0 aliphatic heterocycles. The summed E-state index contributed by atoms with van der Waals surface area (Å²) in [5.41, 5.74) is 0.00366. The van der Waals surface area contributed by atoms with Crippen molar-refractivity contribution < 1.29 is 13.6 Å². The lowest BCUT2D eigenvalue weighted by Gasteiger charge is -2.06. The Hall–Kier alpha value is -0.900. The van der Waals surface area contributed by atoms with E-state index in [2.05, 4.69) is 0 Å². The molecule has 1 aromatic rings. The van der Waals surface area contributed by atoms with E-state index in [1.165, 1.54) is 23.9 Å². The highest BCUT2D eigenvalue weighted by atomic mass is 32.2. The zero-order valence-electron chi connectivity index (χ0n) is 7.72. The Bertz CT molecular complexity index is 339. The smallest absolute Gasteiger partial charge is 0.142 e. The molecule has 0 unspecified atom stereocenters. The Labute approximate surface area is 85.5 Å². The van der Waals surface area contributed by atoms with Gasteiger partial charge in [-0.2, -0.15) is 0 Å². The van der Waals surface area contributed by atoms with Crippen molar-refractivity contribution in [2.24, 2.45) is 0 Å². The van der Waals surface area contributed by atoms with Crippen LogP contribution in [0.3, 0.4) is 0 Å². The first-order chi connectivity index (χ1) is 6.70. The predicted molar refractivity (Wildman–Crippen MR) is 52.5 cm³/mol. The second-order valence-electron chi connectivity index (χ2n) is 2.75. The topological polar surface area (TPSA) is 17.1 Å². The van der Waals surface area contributed by atoms with E-state index < -0.39 is 11.6 Å². The number of carbonyl (C=O) groups is 1. The van der Waals surface area contributed by atoms with Gasteiger partial charge in [0.05, 0.1) is 0 Å². The number of carbonyl (C=O) groups excluding carboxylic acids is 1. The molecule has 0 amide bonds. The monoisotopic (exact) mass is 216 g/mol. The lowest BCUT2D eigenvalue weighted by atomic mass is 10.1. The van der Waals surface area contributed by atoms with Crippen molar-refractivity contribution in [3.8, 4) is 0 Å². The molecule has 0 saturated carbocycles. The van der Waals surface area contributed by atoms with Crippen LogP contribution in [-0.4, -0.2) is 12.5 Å². The minimum Gasteiger partial charge on any atom is -0.303 e. The van der Waals surface area contributed by atoms with Gasteiger partial charge < -0.3 is 4.79 Å². The molecule has 0 heterocycles. The Morgan fingerprint density at radius 3 is 2.71 bits per heavy atom. The average molecular weight is 216 g/mol. The summed E-state index contributed by atoms with van der Waals surface area (Å²) >= 11 is 1.22. The van der Waals surface area contributed by atoms with Crippen molar-refractivity contribution in [1.82, 2.24) is 0 Å². The summed E-state index contributed by atoms with van der Waals surface area (Å²) in [7, 11) is 0. The molecule has 0 atom stereocenters. The lowest BCUT2D eigenvalue weighted by Crippen LogP contribution is -1.98. The molecule has 1 rings (SSSR count). The summed E-state index contributed by atoms with van der Waals surface area (Å²) in [6.45, 7) is 0. The summed E-state index contributed by atoms with van der Waals surface area (Å²) in [6.07, 6.45) is 2.64. The van der Waals surface area contributed by atoms with Crippen LogP contribution in [0.2, 0.25) is 0 Å². The number of benzene rings is 1. The van der Waals surface area contributed by atoms with Gasteiger partial charge in [0.2, 0.25) is 0 Å². The molecule has 1 aromatic carbocycles. The van der Waals surface area contributed by atoms with Gasteiger partial charge in [-0.05, 0) is 24.8 Å². The lowest BCUT2D eigenvalue weighted by molar-refractivity contribution is -0.107. The third-order valence-electron chi connectivity index (χ3n) is 1.88. The van der Waals surface area contributed by atoms with Crippen molar-refractivity contribution in [3.63, 3.8) is 0 Å². The minimum absolute atomic E-state index is 0.00366. The zero-order valence-corrected chi connectivity index (χ0v) is 8.54. The number of aldehydes is 1. The summed E-state index contributed by atoms with van der Waals surface area (Å²) in [5.74, 6) is -1.12. The van der Waals surface area contributed by atoms with Crippen molar-refractivity contribution in [2.75, 3.05) is 6.26 Å². The molecular weight excluding hydrogens is 206 g/mol. The average Bonchev–Trinajstić information content (AvgIpc) is 2.18. The SMILES string of the molecule is CSc1ccc(F)c(CCC=O)c1F. The standard InChI is InChI=1S/C10H10F2OS/c1-14-9-5-4-8(11)7(10(9)12)3-2-6-13/h4-6H,2-3H2,1H3. The second-order valence-corrected chi connectivity index (χ2v) is 3.60. The number of halogens is 2. The highest BCUT2D eigenvalue weighted by Crippen LogP contribution is 2.24. The highest BCUT2D eigenvalue weighted by molar-refractivity contribution is 7.98. The third kappa shape index (κ3) is 2.32. The van der Waals surface area contributed by atoms with Gasteiger partial charge in [-0.25, -0.2) is 8.78 Å². The molecule has 0 aliphatic carbocycles. The van der Waals surface area contributed by atoms with Crippen molar-refractivity contribution in [3.05, 3.63) is 29.3 Å². The first-order valence-corrected chi connectivity index (χ1v) is 5.37. The van der Waals surface area contributed by atoms with E-state index in [4.69, 9.17) is 0 Å². The highest BCUT2D eigenvalue weighted by Gasteiger charge is 2.12. The maximum atomic E-state index is 13.5. The molecule has 1 nitrogen and oxygen atoms in total. The molecule has 14 heavy (non-hydrogen) atoms. The molecule has 0 N–H and O–H groups in total. The van der Waals surface area contributed by atoms with Crippen LogP contribution in [0.15, 0.2) is 17.0 Å². The van der Waals surface area contributed by atoms with Crippen LogP contribution in [0, 0.1) is 11.6 Å². The molecule has 0 bridgehead atoms. The maximum absolute atomic E-state index is 13.5. The van der Waals surface area contributed by atoms with E-state index in [-0.39, 0.29) is 18.4 Å². The number of hydrogen-bond acceptors (Lipinski definition) is 2. The zero-order chi connectivity index (χ0) is 10.6. The molecule has 0 radical (unpaired) electrons. The van der Waals surface area contributed by atoms with Gasteiger partial charge in [0.15, 0.2) is 0 Å². The first kappa shape index (κ1) is 11.2. The fourth-order valence-corrected chi connectivity index (χ4v) is 1.67. The normalized spacial score (nSPS) is 10.2. The molecule has 0 spiro atoms. The van der Waals surface area contributed by atoms with E-state index in [0.717, 1.165) is 0 Å². The van der Waals surface area contributed by atoms with E-state index >= 15 is 0 Å². The maximum Gasteiger partial charge on any atom is 0.142 e. The van der Waals surface area contributed by atoms with Crippen molar-refractivity contribution in [1.29, 1.82) is 0 Å². The Kier molecular flexibility index (Phi) is 4.07. The van der Waals surface area contributed by atoms with Gasteiger partial charge >= 0.3 is 0 Å². The van der Waals surface area contributed by atoms with Gasteiger partial charge in [0.25, 0.3) is 0 Å². The van der Waals surface area contributed by atoms with Crippen LogP contribution in [-0.2, 0) is 11.2 Å². The van der Waals surface area contributed by atoms with E-state index in [1.807, 2.05) is 0 Å². The summed E-state index contributed by atoms with van der Waals surface area (Å²) in [6, 6.07) is 2.63. The van der Waals surface area contributed by atoms with Crippen LogP contribution in [0.4, 0.5) is 8.78 Å². The predicted octanol–water partition coefficient (Wildman–Crippen LogP) is 2.82. The van der Waals surface area contributed by atoms with E-state index in [9.17, 15) is 13.6 Å². The largest absolute Gasteiger partial charge is 0.303 e. The summed E-state index contributed by atoms with van der Waals surface area (Å²) in [5, 5.41) is 0. The molecule has 0 aromatic heterocycles.